The third-order valence-corrected chi connectivity index (χ3v) is 4.66. The predicted molar refractivity (Wildman–Crippen MR) is 82.4 cm³/mol. The van der Waals surface area contributed by atoms with Crippen LogP contribution in [-0.4, -0.2) is 25.5 Å². The van der Waals surface area contributed by atoms with Crippen LogP contribution in [0.1, 0.15) is 54.4 Å². The summed E-state index contributed by atoms with van der Waals surface area (Å²) in [4.78, 5) is 14.6. The Morgan fingerprint density at radius 3 is 2.70 bits per heavy atom. The van der Waals surface area contributed by atoms with Crippen LogP contribution in [0.2, 0.25) is 0 Å². The maximum Gasteiger partial charge on any atom is 0.251 e. The van der Waals surface area contributed by atoms with E-state index < -0.39 is 0 Å². The lowest BCUT2D eigenvalue weighted by Gasteiger charge is -2.17. The zero-order valence-corrected chi connectivity index (χ0v) is 12.3. The molecule has 108 valence electrons. The molecule has 0 spiro atoms. The van der Waals surface area contributed by atoms with Crippen LogP contribution in [0.25, 0.3) is 0 Å². The summed E-state index contributed by atoms with van der Waals surface area (Å²) in [6, 6.07) is 6.50. The van der Waals surface area contributed by atoms with Gasteiger partial charge in [-0.05, 0) is 43.0 Å². The molecular formula is C17H24N2O. The second-order valence-corrected chi connectivity index (χ2v) is 6.18. The van der Waals surface area contributed by atoms with Crippen LogP contribution in [0.4, 0.5) is 5.69 Å². The van der Waals surface area contributed by atoms with Crippen LogP contribution in [0.5, 0.6) is 0 Å². The molecule has 3 nitrogen and oxygen atoms in total. The Hall–Kier alpha value is -1.51. The third-order valence-electron chi connectivity index (χ3n) is 4.66. The number of hydrogen-bond donors (Lipinski definition) is 1. The van der Waals surface area contributed by atoms with E-state index in [9.17, 15) is 4.79 Å². The van der Waals surface area contributed by atoms with Gasteiger partial charge in [0.05, 0.1) is 0 Å². The molecule has 0 aromatic heterocycles. The Labute approximate surface area is 121 Å². The number of nitrogens with zero attached hydrogens (tertiary/aromatic N) is 1. The fraction of sp³-hybridized carbons (Fsp3) is 0.588. The molecule has 0 atom stereocenters. The zero-order valence-electron chi connectivity index (χ0n) is 12.3. The summed E-state index contributed by atoms with van der Waals surface area (Å²) < 4.78 is 0. The van der Waals surface area contributed by atoms with Gasteiger partial charge >= 0.3 is 0 Å². The average molecular weight is 272 g/mol. The lowest BCUT2D eigenvalue weighted by atomic mass is 10.1. The Morgan fingerprint density at radius 1 is 1.20 bits per heavy atom. The normalized spacial score (nSPS) is 19.6. The summed E-state index contributed by atoms with van der Waals surface area (Å²) in [5.41, 5.74) is 3.40. The summed E-state index contributed by atoms with van der Waals surface area (Å²) in [5.74, 6) is 0.106. The molecule has 1 aliphatic carbocycles. The van der Waals surface area contributed by atoms with E-state index in [1.807, 2.05) is 6.07 Å². The van der Waals surface area contributed by atoms with E-state index in [2.05, 4.69) is 29.4 Å². The second-order valence-electron chi connectivity index (χ2n) is 6.18. The van der Waals surface area contributed by atoms with Gasteiger partial charge < -0.3 is 10.2 Å². The van der Waals surface area contributed by atoms with Crippen molar-refractivity contribution >= 4 is 11.6 Å². The molecule has 0 radical (unpaired) electrons. The first kappa shape index (κ1) is 13.5. The SMILES string of the molecule is CN1CCc2cc(C(=O)NC3CCCCCC3)ccc21. The van der Waals surface area contributed by atoms with Crippen LogP contribution in [0.3, 0.4) is 0 Å². The van der Waals surface area contributed by atoms with Gasteiger partial charge in [0.25, 0.3) is 5.91 Å². The molecule has 0 unspecified atom stereocenters. The van der Waals surface area contributed by atoms with Crippen molar-refractivity contribution in [3.8, 4) is 0 Å². The topological polar surface area (TPSA) is 32.3 Å². The molecule has 3 heteroatoms. The number of benzene rings is 1. The number of rotatable bonds is 2. The van der Waals surface area contributed by atoms with Gasteiger partial charge in [-0.1, -0.05) is 25.7 Å². The quantitative estimate of drug-likeness (QED) is 0.839. The molecule has 1 fully saturated rings. The summed E-state index contributed by atoms with van der Waals surface area (Å²) in [6.45, 7) is 1.06. The number of carbonyl (C=O) groups is 1. The van der Waals surface area contributed by atoms with Crippen molar-refractivity contribution in [3.05, 3.63) is 29.3 Å². The number of amides is 1. The van der Waals surface area contributed by atoms with Gasteiger partial charge in [-0.2, -0.15) is 0 Å². The van der Waals surface area contributed by atoms with Gasteiger partial charge in [-0.25, -0.2) is 0 Å². The van der Waals surface area contributed by atoms with Gasteiger partial charge in [0.1, 0.15) is 0 Å². The molecule has 1 N–H and O–H groups in total. The molecule has 1 saturated carbocycles. The third kappa shape index (κ3) is 2.82. The number of anilines is 1. The fourth-order valence-electron chi connectivity index (χ4n) is 3.40. The van der Waals surface area contributed by atoms with Gasteiger partial charge in [0.2, 0.25) is 0 Å². The average Bonchev–Trinajstić information content (AvgIpc) is 2.66. The first-order valence-electron chi connectivity index (χ1n) is 7.89. The highest BCUT2D eigenvalue weighted by atomic mass is 16.1. The monoisotopic (exact) mass is 272 g/mol. The van der Waals surface area contributed by atoms with Crippen molar-refractivity contribution in [2.24, 2.45) is 0 Å². The fourth-order valence-corrected chi connectivity index (χ4v) is 3.40. The molecule has 1 aromatic carbocycles. The Balaban J connectivity index is 1.68. The maximum absolute atomic E-state index is 12.4. The number of hydrogen-bond acceptors (Lipinski definition) is 2. The minimum Gasteiger partial charge on any atom is -0.374 e. The molecule has 3 rings (SSSR count). The van der Waals surface area contributed by atoms with E-state index in [0.29, 0.717) is 6.04 Å². The lowest BCUT2D eigenvalue weighted by Crippen LogP contribution is -2.34. The molecule has 0 bridgehead atoms. The van der Waals surface area contributed by atoms with Gasteiger partial charge in [0, 0.05) is 30.9 Å². The van der Waals surface area contributed by atoms with Crippen molar-refractivity contribution in [2.45, 2.75) is 51.0 Å². The molecule has 1 amide bonds. The standard InChI is InChI=1S/C17H24N2O/c1-19-11-10-13-12-14(8-9-16(13)19)17(20)18-15-6-4-2-3-5-7-15/h8-9,12,15H,2-7,10-11H2,1H3,(H,18,20). The van der Waals surface area contributed by atoms with E-state index >= 15 is 0 Å². The predicted octanol–water partition coefficient (Wildman–Crippen LogP) is 3.13. The van der Waals surface area contributed by atoms with Crippen LogP contribution >= 0.6 is 0 Å². The Kier molecular flexibility index (Phi) is 3.95. The highest BCUT2D eigenvalue weighted by Crippen LogP contribution is 2.27. The maximum atomic E-state index is 12.4. The number of nitrogens with one attached hydrogen (secondary N) is 1. The summed E-state index contributed by atoms with van der Waals surface area (Å²) in [7, 11) is 2.11. The minimum atomic E-state index is 0.106. The van der Waals surface area contributed by atoms with Gasteiger partial charge in [-0.3, -0.25) is 4.79 Å². The van der Waals surface area contributed by atoms with Gasteiger partial charge in [-0.15, -0.1) is 0 Å². The van der Waals surface area contributed by atoms with Crippen molar-refractivity contribution in [1.29, 1.82) is 0 Å². The summed E-state index contributed by atoms with van der Waals surface area (Å²) >= 11 is 0. The number of likely N-dealkylation sites (N-methyl/N-ethyl adjacent to an activating group) is 1. The molecule has 20 heavy (non-hydrogen) atoms. The highest BCUT2D eigenvalue weighted by molar-refractivity contribution is 5.95. The first-order valence-corrected chi connectivity index (χ1v) is 7.89. The first-order chi connectivity index (χ1) is 9.74. The van der Waals surface area contributed by atoms with E-state index in [-0.39, 0.29) is 5.91 Å². The largest absolute Gasteiger partial charge is 0.374 e. The van der Waals surface area contributed by atoms with E-state index in [1.165, 1.54) is 36.9 Å². The summed E-state index contributed by atoms with van der Waals surface area (Å²) in [6.07, 6.45) is 8.46. The van der Waals surface area contributed by atoms with Crippen LogP contribution in [0, 0.1) is 0 Å². The van der Waals surface area contributed by atoms with E-state index in [4.69, 9.17) is 0 Å². The molecule has 2 aliphatic rings. The molecule has 1 aliphatic heterocycles. The van der Waals surface area contributed by atoms with Crippen molar-refractivity contribution in [3.63, 3.8) is 0 Å². The van der Waals surface area contributed by atoms with Crippen LogP contribution < -0.4 is 10.2 Å². The molecular weight excluding hydrogens is 248 g/mol. The highest BCUT2D eigenvalue weighted by Gasteiger charge is 2.19. The molecule has 1 aromatic rings. The number of carbonyl (C=O) groups excluding carboxylic acids is 1. The Morgan fingerprint density at radius 2 is 1.95 bits per heavy atom. The number of fused-ring (bicyclic) bond motifs is 1. The van der Waals surface area contributed by atoms with Gasteiger partial charge in [0.15, 0.2) is 0 Å². The molecule has 1 heterocycles. The second kappa shape index (κ2) is 5.86. The molecule has 0 saturated heterocycles. The van der Waals surface area contributed by atoms with E-state index in [0.717, 1.165) is 31.4 Å². The van der Waals surface area contributed by atoms with Crippen molar-refractivity contribution < 1.29 is 4.79 Å². The van der Waals surface area contributed by atoms with E-state index in [1.54, 1.807) is 0 Å². The Bertz CT molecular complexity index is 490. The van der Waals surface area contributed by atoms with Crippen LogP contribution in [0.15, 0.2) is 18.2 Å². The summed E-state index contributed by atoms with van der Waals surface area (Å²) in [5, 5.41) is 3.22. The van der Waals surface area contributed by atoms with Crippen molar-refractivity contribution in [1.82, 2.24) is 5.32 Å². The smallest absolute Gasteiger partial charge is 0.251 e. The van der Waals surface area contributed by atoms with Crippen molar-refractivity contribution in [2.75, 3.05) is 18.5 Å². The minimum absolute atomic E-state index is 0.106. The van der Waals surface area contributed by atoms with Crippen LogP contribution in [-0.2, 0) is 6.42 Å². The zero-order chi connectivity index (χ0) is 13.9. The lowest BCUT2D eigenvalue weighted by molar-refractivity contribution is 0.0933.